The van der Waals surface area contributed by atoms with Crippen molar-refractivity contribution in [3.63, 3.8) is 0 Å². The standard InChI is InChI=1S/C17H25N3O7Si/c1-10(21)24-9-14-16(25-11(2)22)17(26-12(3)23)15(19-20-18)13(27-14)7-8-28(4,5)6/h13-17H,9H2,1-6H3/t13-,14+,15-,16+,17-/m0/s1. The van der Waals surface area contributed by atoms with Crippen molar-refractivity contribution in [2.45, 2.75) is 70.9 Å². The average molecular weight is 411 g/mol. The fraction of sp³-hybridized carbons (Fsp3) is 0.706. The second-order valence-corrected chi connectivity index (χ2v) is 12.0. The first-order valence-corrected chi connectivity index (χ1v) is 12.1. The highest BCUT2D eigenvalue weighted by Gasteiger charge is 2.49. The molecule has 0 aromatic rings. The maximum absolute atomic E-state index is 11.6. The molecule has 1 aliphatic heterocycles. The van der Waals surface area contributed by atoms with Crippen molar-refractivity contribution in [2.75, 3.05) is 6.61 Å². The fourth-order valence-electron chi connectivity index (χ4n) is 2.51. The lowest BCUT2D eigenvalue weighted by Crippen LogP contribution is -2.60. The van der Waals surface area contributed by atoms with Crippen molar-refractivity contribution in [1.82, 2.24) is 0 Å². The summed E-state index contributed by atoms with van der Waals surface area (Å²) in [5, 5.41) is 3.68. The Kier molecular flexibility index (Phi) is 8.50. The normalized spacial score (nSPS) is 26.7. The van der Waals surface area contributed by atoms with Gasteiger partial charge in [-0.1, -0.05) is 30.7 Å². The minimum absolute atomic E-state index is 0.251. The van der Waals surface area contributed by atoms with Crippen molar-refractivity contribution in [3.05, 3.63) is 10.4 Å². The van der Waals surface area contributed by atoms with Crippen LogP contribution in [0.25, 0.3) is 10.4 Å². The fourth-order valence-corrected chi connectivity index (χ4v) is 3.09. The van der Waals surface area contributed by atoms with Gasteiger partial charge in [-0.3, -0.25) is 14.4 Å². The van der Waals surface area contributed by atoms with Crippen LogP contribution in [0.2, 0.25) is 19.6 Å². The lowest BCUT2D eigenvalue weighted by atomic mass is 9.93. The van der Waals surface area contributed by atoms with E-state index < -0.39 is 56.4 Å². The number of carbonyl (C=O) groups is 3. The summed E-state index contributed by atoms with van der Waals surface area (Å²) in [7, 11) is -1.80. The van der Waals surface area contributed by atoms with Gasteiger partial charge in [0.1, 0.15) is 32.9 Å². The second-order valence-electron chi connectivity index (χ2n) is 7.26. The molecule has 1 rings (SSSR count). The maximum atomic E-state index is 11.6. The summed E-state index contributed by atoms with van der Waals surface area (Å²) in [6.45, 7) is 9.38. The minimum atomic E-state index is -1.80. The smallest absolute Gasteiger partial charge is 0.303 e. The topological polar surface area (TPSA) is 137 Å². The van der Waals surface area contributed by atoms with Crippen LogP contribution in [-0.4, -0.2) is 63.0 Å². The van der Waals surface area contributed by atoms with Gasteiger partial charge in [-0.05, 0) is 5.53 Å². The van der Waals surface area contributed by atoms with E-state index in [0.29, 0.717) is 0 Å². The number of nitrogens with zero attached hydrogens (tertiary/aromatic N) is 3. The minimum Gasteiger partial charge on any atom is -0.463 e. The molecule has 0 unspecified atom stereocenters. The third kappa shape index (κ3) is 7.60. The lowest BCUT2D eigenvalue weighted by molar-refractivity contribution is -0.212. The van der Waals surface area contributed by atoms with Crippen LogP contribution < -0.4 is 0 Å². The molecule has 0 amide bonds. The van der Waals surface area contributed by atoms with E-state index in [-0.39, 0.29) is 6.61 Å². The molecule has 154 valence electrons. The molecule has 1 fully saturated rings. The van der Waals surface area contributed by atoms with Crippen LogP contribution in [0.15, 0.2) is 5.11 Å². The lowest BCUT2D eigenvalue weighted by Gasteiger charge is -2.42. The SMILES string of the molecule is CC(=O)OC[C@H]1O[C@@H](C#C[Si](C)(C)C)[C@H](N=[N+]=[N-])[C@H](OC(C)=O)[C@@H]1OC(C)=O. The Morgan fingerprint density at radius 1 is 1.07 bits per heavy atom. The van der Waals surface area contributed by atoms with Crippen molar-refractivity contribution in [2.24, 2.45) is 5.11 Å². The van der Waals surface area contributed by atoms with Crippen molar-refractivity contribution in [1.29, 1.82) is 0 Å². The van der Waals surface area contributed by atoms with Crippen LogP contribution in [-0.2, 0) is 33.3 Å². The second kappa shape index (κ2) is 10.1. The van der Waals surface area contributed by atoms with Crippen LogP contribution in [0.5, 0.6) is 0 Å². The predicted octanol–water partition coefficient (Wildman–Crippen LogP) is 1.74. The largest absolute Gasteiger partial charge is 0.463 e. The molecule has 0 aliphatic carbocycles. The predicted molar refractivity (Wildman–Crippen MR) is 100 cm³/mol. The summed E-state index contributed by atoms with van der Waals surface area (Å²) in [4.78, 5) is 37.2. The van der Waals surface area contributed by atoms with E-state index >= 15 is 0 Å². The number of hydrogen-bond donors (Lipinski definition) is 0. The van der Waals surface area contributed by atoms with Crippen LogP contribution in [0.3, 0.4) is 0 Å². The Labute approximate surface area is 164 Å². The first kappa shape index (κ1) is 23.5. The van der Waals surface area contributed by atoms with Gasteiger partial charge in [-0.25, -0.2) is 0 Å². The van der Waals surface area contributed by atoms with Gasteiger partial charge in [0.15, 0.2) is 12.2 Å². The summed E-state index contributed by atoms with van der Waals surface area (Å²) in [5.41, 5.74) is 12.1. The number of hydrogen-bond acceptors (Lipinski definition) is 8. The van der Waals surface area contributed by atoms with E-state index in [1.807, 2.05) is 19.6 Å². The Morgan fingerprint density at radius 3 is 2.11 bits per heavy atom. The zero-order valence-corrected chi connectivity index (χ0v) is 17.8. The average Bonchev–Trinajstić information content (AvgIpc) is 2.54. The van der Waals surface area contributed by atoms with Crippen molar-refractivity contribution in [3.8, 4) is 11.5 Å². The molecule has 5 atom stereocenters. The Bertz CT molecular complexity index is 718. The molecule has 28 heavy (non-hydrogen) atoms. The van der Waals surface area contributed by atoms with Gasteiger partial charge >= 0.3 is 17.9 Å². The third-order valence-electron chi connectivity index (χ3n) is 3.49. The van der Waals surface area contributed by atoms with Gasteiger partial charge in [0.25, 0.3) is 0 Å². The zero-order valence-electron chi connectivity index (χ0n) is 16.8. The van der Waals surface area contributed by atoms with E-state index in [1.54, 1.807) is 0 Å². The molecule has 11 heteroatoms. The van der Waals surface area contributed by atoms with Gasteiger partial charge in [0, 0.05) is 25.7 Å². The third-order valence-corrected chi connectivity index (χ3v) is 4.38. The monoisotopic (exact) mass is 411 g/mol. The molecule has 0 aromatic heterocycles. The first-order valence-electron chi connectivity index (χ1n) is 8.64. The highest BCUT2D eigenvalue weighted by molar-refractivity contribution is 6.83. The van der Waals surface area contributed by atoms with E-state index in [2.05, 4.69) is 21.5 Å². The molecule has 0 bridgehead atoms. The molecule has 10 nitrogen and oxygen atoms in total. The van der Waals surface area contributed by atoms with Crippen LogP contribution in [0, 0.1) is 11.5 Å². The van der Waals surface area contributed by atoms with E-state index in [4.69, 9.17) is 24.5 Å². The van der Waals surface area contributed by atoms with Crippen LogP contribution in [0.4, 0.5) is 0 Å². The van der Waals surface area contributed by atoms with Crippen molar-refractivity contribution < 1.29 is 33.3 Å². The van der Waals surface area contributed by atoms with Crippen molar-refractivity contribution >= 4 is 26.0 Å². The Morgan fingerprint density at radius 2 is 1.64 bits per heavy atom. The summed E-state index contributed by atoms with van der Waals surface area (Å²) in [6.07, 6.45) is -4.17. The van der Waals surface area contributed by atoms with E-state index in [0.717, 1.165) is 0 Å². The van der Waals surface area contributed by atoms with Gasteiger partial charge in [0.05, 0.1) is 0 Å². The van der Waals surface area contributed by atoms with Gasteiger partial charge in [0.2, 0.25) is 0 Å². The van der Waals surface area contributed by atoms with Crippen LogP contribution >= 0.6 is 0 Å². The number of rotatable bonds is 5. The van der Waals surface area contributed by atoms with Crippen LogP contribution in [0.1, 0.15) is 20.8 Å². The Hall–Kier alpha value is -2.54. The Balaban J connectivity index is 3.39. The number of esters is 3. The molecular formula is C17H25N3O7Si. The summed E-state index contributed by atoms with van der Waals surface area (Å²) < 4.78 is 21.4. The number of carbonyl (C=O) groups excluding carboxylic acids is 3. The van der Waals surface area contributed by atoms with Gasteiger partial charge in [-0.15, -0.1) is 5.54 Å². The summed E-state index contributed by atoms with van der Waals surface area (Å²) in [6, 6.07) is -1.05. The number of ether oxygens (including phenoxy) is 4. The first-order chi connectivity index (χ1) is 12.9. The molecule has 0 spiro atoms. The molecule has 0 radical (unpaired) electrons. The van der Waals surface area contributed by atoms with Gasteiger partial charge < -0.3 is 18.9 Å². The zero-order chi connectivity index (χ0) is 21.5. The van der Waals surface area contributed by atoms with Gasteiger partial charge in [-0.2, -0.15) is 0 Å². The molecule has 1 heterocycles. The summed E-state index contributed by atoms with van der Waals surface area (Å²) in [5.74, 6) is 1.06. The number of azide groups is 1. The molecule has 1 aliphatic rings. The summed E-state index contributed by atoms with van der Waals surface area (Å²) >= 11 is 0. The highest BCUT2D eigenvalue weighted by Crippen LogP contribution is 2.29. The van der Waals surface area contributed by atoms with E-state index in [1.165, 1.54) is 20.8 Å². The highest BCUT2D eigenvalue weighted by atomic mass is 28.3. The van der Waals surface area contributed by atoms with E-state index in [9.17, 15) is 14.4 Å². The molecule has 0 aromatic carbocycles. The quantitative estimate of drug-likeness (QED) is 0.128. The molecule has 1 saturated heterocycles. The molecular weight excluding hydrogens is 386 g/mol. The maximum Gasteiger partial charge on any atom is 0.303 e. The molecule has 0 N–H and O–H groups in total. The molecule has 0 saturated carbocycles.